The molecular formula is C30H34N4. The van der Waals surface area contributed by atoms with Gasteiger partial charge in [0.2, 0.25) is 0 Å². The van der Waals surface area contributed by atoms with E-state index in [0.29, 0.717) is 0 Å². The fourth-order valence-electron chi connectivity index (χ4n) is 4.85. The molecule has 4 rings (SSSR count). The van der Waals surface area contributed by atoms with Gasteiger partial charge in [-0.2, -0.15) is 0 Å². The molecule has 8 N–H and O–H groups in total. The van der Waals surface area contributed by atoms with Crippen LogP contribution >= 0.6 is 0 Å². The average Bonchev–Trinajstić information content (AvgIpc) is 2.83. The third-order valence-corrected chi connectivity index (χ3v) is 7.29. The lowest BCUT2D eigenvalue weighted by Gasteiger charge is -2.38. The van der Waals surface area contributed by atoms with E-state index in [9.17, 15) is 0 Å². The van der Waals surface area contributed by atoms with Gasteiger partial charge in [-0.1, -0.05) is 62.4 Å². The number of benzene rings is 4. The number of nitrogens with two attached hydrogens (primary N) is 4. The quantitative estimate of drug-likeness (QED) is 0.255. The zero-order valence-corrected chi connectivity index (χ0v) is 20.0. The van der Waals surface area contributed by atoms with Gasteiger partial charge in [0.05, 0.1) is 0 Å². The molecule has 1 atom stereocenters. The highest BCUT2D eigenvalue weighted by molar-refractivity contribution is 5.51. The molecule has 0 saturated carbocycles. The Hall–Kier alpha value is -3.92. The van der Waals surface area contributed by atoms with Crippen LogP contribution in [0.15, 0.2) is 97.1 Å². The molecule has 1 unspecified atom stereocenters. The molecule has 174 valence electrons. The maximum absolute atomic E-state index is 6.21. The summed E-state index contributed by atoms with van der Waals surface area (Å²) in [4.78, 5) is 0. The van der Waals surface area contributed by atoms with Crippen LogP contribution in [0.1, 0.15) is 48.9 Å². The Morgan fingerprint density at radius 3 is 1.15 bits per heavy atom. The van der Waals surface area contributed by atoms with Crippen molar-refractivity contribution in [1.29, 1.82) is 0 Å². The van der Waals surface area contributed by atoms with Gasteiger partial charge in [0.1, 0.15) is 0 Å². The first-order chi connectivity index (χ1) is 16.2. The SMILES string of the molecule is CC(CCC(C)(c1ccc(N)cc1)c1cccc(N)c1)(c1ccc(N)cc1)c1ccc(N)cc1. The van der Waals surface area contributed by atoms with Crippen LogP contribution in [0.5, 0.6) is 0 Å². The number of hydrogen-bond acceptors (Lipinski definition) is 4. The molecule has 0 bridgehead atoms. The van der Waals surface area contributed by atoms with Gasteiger partial charge >= 0.3 is 0 Å². The summed E-state index contributed by atoms with van der Waals surface area (Å²) in [5, 5.41) is 0. The third kappa shape index (κ3) is 4.58. The van der Waals surface area contributed by atoms with Crippen molar-refractivity contribution in [3.63, 3.8) is 0 Å². The van der Waals surface area contributed by atoms with Gasteiger partial charge in [-0.05, 0) is 83.6 Å². The summed E-state index contributed by atoms with van der Waals surface area (Å²) in [5.41, 5.74) is 31.6. The van der Waals surface area contributed by atoms with E-state index >= 15 is 0 Å². The highest BCUT2D eigenvalue weighted by Gasteiger charge is 2.35. The standard InChI is InChI=1S/C30H34N4/c1-29(21-6-12-25(31)13-7-21,22-8-14-26(32)15-9-22)18-19-30(2,23-10-16-27(33)17-11-23)24-4-3-5-28(34)20-24/h3-17,20H,18-19,31-34H2,1-2H3. The molecule has 0 heterocycles. The molecule has 4 nitrogen and oxygen atoms in total. The second-order valence-electron chi connectivity index (χ2n) is 9.66. The fourth-order valence-corrected chi connectivity index (χ4v) is 4.85. The monoisotopic (exact) mass is 450 g/mol. The van der Waals surface area contributed by atoms with Crippen molar-refractivity contribution in [2.45, 2.75) is 37.5 Å². The molecule has 0 amide bonds. The maximum atomic E-state index is 6.21. The molecule has 0 aliphatic heterocycles. The second kappa shape index (κ2) is 9.14. The van der Waals surface area contributed by atoms with Crippen molar-refractivity contribution >= 4 is 22.7 Å². The van der Waals surface area contributed by atoms with E-state index in [1.807, 2.05) is 48.5 Å². The van der Waals surface area contributed by atoms with Crippen LogP contribution in [0.25, 0.3) is 0 Å². The van der Waals surface area contributed by atoms with Crippen LogP contribution in [0.4, 0.5) is 22.7 Å². The van der Waals surface area contributed by atoms with Gasteiger partial charge in [0.25, 0.3) is 0 Å². The predicted molar refractivity (Wildman–Crippen MR) is 146 cm³/mol. The van der Waals surface area contributed by atoms with E-state index < -0.39 is 0 Å². The van der Waals surface area contributed by atoms with Crippen LogP contribution in [0, 0.1) is 0 Å². The lowest BCUT2D eigenvalue weighted by Crippen LogP contribution is -2.30. The molecule has 0 fully saturated rings. The zero-order valence-electron chi connectivity index (χ0n) is 20.0. The summed E-state index contributed by atoms with van der Waals surface area (Å²) < 4.78 is 0. The Balaban J connectivity index is 1.79. The summed E-state index contributed by atoms with van der Waals surface area (Å²) in [6, 6.07) is 32.8. The van der Waals surface area contributed by atoms with Gasteiger partial charge in [-0.15, -0.1) is 0 Å². The Morgan fingerprint density at radius 2 is 0.794 bits per heavy atom. The number of anilines is 4. The highest BCUT2D eigenvalue weighted by atomic mass is 14.6. The molecule has 0 aliphatic carbocycles. The van der Waals surface area contributed by atoms with Crippen molar-refractivity contribution < 1.29 is 0 Å². The van der Waals surface area contributed by atoms with Crippen molar-refractivity contribution in [3.8, 4) is 0 Å². The van der Waals surface area contributed by atoms with Gasteiger partial charge in [0.15, 0.2) is 0 Å². The smallest absolute Gasteiger partial charge is 0.0317 e. The molecule has 0 radical (unpaired) electrons. The Kier molecular flexibility index (Phi) is 6.25. The minimum Gasteiger partial charge on any atom is -0.399 e. The molecule has 34 heavy (non-hydrogen) atoms. The first-order valence-electron chi connectivity index (χ1n) is 11.6. The Labute approximate surface area is 202 Å². The largest absolute Gasteiger partial charge is 0.399 e. The van der Waals surface area contributed by atoms with Gasteiger partial charge in [-0.3, -0.25) is 0 Å². The molecule has 0 aliphatic rings. The van der Waals surface area contributed by atoms with Gasteiger partial charge in [-0.25, -0.2) is 0 Å². The van der Waals surface area contributed by atoms with Crippen LogP contribution in [-0.4, -0.2) is 0 Å². The first-order valence-corrected chi connectivity index (χ1v) is 11.6. The summed E-state index contributed by atoms with van der Waals surface area (Å²) in [5.74, 6) is 0. The predicted octanol–water partition coefficient (Wildman–Crippen LogP) is 6.11. The topological polar surface area (TPSA) is 104 Å². The van der Waals surface area contributed by atoms with E-state index in [1.165, 1.54) is 22.3 Å². The molecule has 0 spiro atoms. The van der Waals surface area contributed by atoms with E-state index in [-0.39, 0.29) is 10.8 Å². The van der Waals surface area contributed by atoms with Crippen molar-refractivity contribution in [3.05, 3.63) is 119 Å². The highest BCUT2D eigenvalue weighted by Crippen LogP contribution is 2.44. The van der Waals surface area contributed by atoms with Crippen molar-refractivity contribution in [2.24, 2.45) is 0 Å². The van der Waals surface area contributed by atoms with E-state index in [4.69, 9.17) is 22.9 Å². The number of hydrogen-bond donors (Lipinski definition) is 4. The van der Waals surface area contributed by atoms with Crippen LogP contribution in [-0.2, 0) is 10.8 Å². The summed E-state index contributed by atoms with van der Waals surface area (Å²) in [6.45, 7) is 4.59. The van der Waals surface area contributed by atoms with Crippen molar-refractivity contribution in [1.82, 2.24) is 0 Å². The summed E-state index contributed by atoms with van der Waals surface area (Å²) >= 11 is 0. The van der Waals surface area contributed by atoms with E-state index in [2.05, 4.69) is 62.4 Å². The molecule has 4 aromatic carbocycles. The van der Waals surface area contributed by atoms with Crippen LogP contribution < -0.4 is 22.9 Å². The molecule has 0 aromatic heterocycles. The second-order valence-corrected chi connectivity index (χ2v) is 9.66. The normalized spacial score (nSPS) is 13.4. The lowest BCUT2D eigenvalue weighted by molar-refractivity contribution is 0.413. The Bertz CT molecular complexity index is 1200. The summed E-state index contributed by atoms with van der Waals surface area (Å²) in [7, 11) is 0. The first kappa shape index (κ1) is 23.2. The maximum Gasteiger partial charge on any atom is 0.0317 e. The van der Waals surface area contributed by atoms with Crippen LogP contribution in [0.3, 0.4) is 0 Å². The van der Waals surface area contributed by atoms with E-state index in [0.717, 1.165) is 35.6 Å². The number of rotatable bonds is 7. The fraction of sp³-hybridized carbons (Fsp3) is 0.200. The van der Waals surface area contributed by atoms with Crippen LogP contribution in [0.2, 0.25) is 0 Å². The average molecular weight is 451 g/mol. The summed E-state index contributed by atoms with van der Waals surface area (Å²) in [6.07, 6.45) is 1.79. The zero-order chi connectivity index (χ0) is 24.3. The minimum absolute atomic E-state index is 0.239. The minimum atomic E-state index is -0.258. The molecule has 4 heteroatoms. The van der Waals surface area contributed by atoms with Gasteiger partial charge in [0, 0.05) is 33.6 Å². The Morgan fingerprint density at radius 1 is 0.441 bits per heavy atom. The number of nitrogen functional groups attached to an aromatic ring is 4. The molecule has 0 saturated heterocycles. The van der Waals surface area contributed by atoms with Crippen molar-refractivity contribution in [2.75, 3.05) is 22.9 Å². The molecular weight excluding hydrogens is 416 g/mol. The van der Waals surface area contributed by atoms with Gasteiger partial charge < -0.3 is 22.9 Å². The molecule has 4 aromatic rings. The third-order valence-electron chi connectivity index (χ3n) is 7.29. The van der Waals surface area contributed by atoms with E-state index in [1.54, 1.807) is 0 Å². The lowest BCUT2D eigenvalue weighted by atomic mass is 9.66.